The summed E-state index contributed by atoms with van der Waals surface area (Å²) in [5, 5.41) is 8.49. The van der Waals surface area contributed by atoms with E-state index in [1.54, 1.807) is 6.20 Å². The average molecular weight is 242 g/mol. The van der Waals surface area contributed by atoms with Crippen LogP contribution >= 0.6 is 11.6 Å². The molecular formula is C12H20ClN3. The van der Waals surface area contributed by atoms with Crippen molar-refractivity contribution in [3.05, 3.63) is 16.9 Å². The van der Waals surface area contributed by atoms with Gasteiger partial charge >= 0.3 is 0 Å². The van der Waals surface area contributed by atoms with E-state index in [9.17, 15) is 0 Å². The Bertz CT molecular complexity index is 329. The van der Waals surface area contributed by atoms with Gasteiger partial charge in [0.25, 0.3) is 0 Å². The Labute approximate surface area is 102 Å². The molecule has 0 spiro atoms. The van der Waals surface area contributed by atoms with E-state index in [4.69, 9.17) is 11.6 Å². The van der Waals surface area contributed by atoms with E-state index in [1.807, 2.05) is 11.7 Å². The van der Waals surface area contributed by atoms with Crippen LogP contribution in [0, 0.1) is 5.92 Å². The SMILES string of the molecule is C[C@@H]1CCC[C@H](NCc2c(Cl)cnn2C)C1. The van der Waals surface area contributed by atoms with Gasteiger partial charge in [-0.25, -0.2) is 0 Å². The van der Waals surface area contributed by atoms with Crippen molar-refractivity contribution in [2.75, 3.05) is 0 Å². The van der Waals surface area contributed by atoms with Gasteiger partial charge in [0.2, 0.25) is 0 Å². The summed E-state index contributed by atoms with van der Waals surface area (Å²) in [7, 11) is 1.94. The van der Waals surface area contributed by atoms with Crippen LogP contribution in [-0.4, -0.2) is 15.8 Å². The number of nitrogens with one attached hydrogen (secondary N) is 1. The summed E-state index contributed by atoms with van der Waals surface area (Å²) < 4.78 is 1.85. The number of halogens is 1. The minimum atomic E-state index is 0.648. The van der Waals surface area contributed by atoms with Crippen LogP contribution in [0.3, 0.4) is 0 Å². The quantitative estimate of drug-likeness (QED) is 0.882. The second-order valence-corrected chi connectivity index (χ2v) is 5.32. The van der Waals surface area contributed by atoms with Crippen molar-refractivity contribution in [2.24, 2.45) is 13.0 Å². The summed E-state index contributed by atoms with van der Waals surface area (Å²) >= 11 is 6.07. The fourth-order valence-electron chi connectivity index (χ4n) is 2.50. The molecule has 1 aromatic heterocycles. The van der Waals surface area contributed by atoms with Crippen LogP contribution in [0.5, 0.6) is 0 Å². The predicted molar refractivity (Wildman–Crippen MR) is 66.5 cm³/mol. The van der Waals surface area contributed by atoms with Gasteiger partial charge in [-0.2, -0.15) is 5.10 Å². The van der Waals surface area contributed by atoms with Crippen molar-refractivity contribution >= 4 is 11.6 Å². The molecule has 0 bridgehead atoms. The maximum Gasteiger partial charge on any atom is 0.0831 e. The second kappa shape index (κ2) is 5.19. The number of rotatable bonds is 3. The van der Waals surface area contributed by atoms with Crippen LogP contribution in [0.25, 0.3) is 0 Å². The maximum absolute atomic E-state index is 6.07. The Balaban J connectivity index is 1.87. The minimum Gasteiger partial charge on any atom is -0.308 e. The lowest BCUT2D eigenvalue weighted by molar-refractivity contribution is 0.299. The molecule has 16 heavy (non-hydrogen) atoms. The third-order valence-corrected chi connectivity index (χ3v) is 3.82. The molecule has 0 unspecified atom stereocenters. The zero-order valence-corrected chi connectivity index (χ0v) is 10.8. The lowest BCUT2D eigenvalue weighted by Gasteiger charge is -2.27. The molecule has 1 aliphatic rings. The Kier molecular flexibility index (Phi) is 3.87. The molecule has 2 rings (SSSR count). The number of hydrogen-bond donors (Lipinski definition) is 1. The van der Waals surface area contributed by atoms with Crippen molar-refractivity contribution in [1.82, 2.24) is 15.1 Å². The first-order valence-corrected chi connectivity index (χ1v) is 6.44. The highest BCUT2D eigenvalue weighted by molar-refractivity contribution is 6.31. The van der Waals surface area contributed by atoms with Crippen LogP contribution in [0.2, 0.25) is 5.02 Å². The van der Waals surface area contributed by atoms with Crippen LogP contribution in [0.1, 0.15) is 38.3 Å². The van der Waals surface area contributed by atoms with E-state index < -0.39 is 0 Å². The van der Waals surface area contributed by atoms with Gasteiger partial charge in [-0.15, -0.1) is 0 Å². The highest BCUT2D eigenvalue weighted by atomic mass is 35.5. The largest absolute Gasteiger partial charge is 0.308 e. The van der Waals surface area contributed by atoms with Crippen molar-refractivity contribution in [3.8, 4) is 0 Å². The standard InChI is InChI=1S/C12H20ClN3/c1-9-4-3-5-10(6-9)14-8-12-11(13)7-15-16(12)2/h7,9-10,14H,3-6,8H2,1-2H3/t9-,10+/m1/s1. The van der Waals surface area contributed by atoms with Gasteiger partial charge in [0.15, 0.2) is 0 Å². The van der Waals surface area contributed by atoms with Gasteiger partial charge in [0, 0.05) is 19.6 Å². The molecule has 0 radical (unpaired) electrons. The number of hydrogen-bond acceptors (Lipinski definition) is 2. The monoisotopic (exact) mass is 241 g/mol. The third-order valence-electron chi connectivity index (χ3n) is 3.51. The number of aryl methyl sites for hydroxylation is 1. The molecule has 4 heteroatoms. The predicted octanol–water partition coefficient (Wildman–Crippen LogP) is 2.74. The van der Waals surface area contributed by atoms with Crippen molar-refractivity contribution < 1.29 is 0 Å². The molecule has 0 aliphatic heterocycles. The normalized spacial score (nSPS) is 25.9. The molecule has 1 aliphatic carbocycles. The smallest absolute Gasteiger partial charge is 0.0831 e. The van der Waals surface area contributed by atoms with Gasteiger partial charge in [-0.1, -0.05) is 31.4 Å². The fraction of sp³-hybridized carbons (Fsp3) is 0.750. The molecule has 3 nitrogen and oxygen atoms in total. The summed E-state index contributed by atoms with van der Waals surface area (Å²) in [6, 6.07) is 0.648. The van der Waals surface area contributed by atoms with Crippen LogP contribution < -0.4 is 5.32 Å². The number of nitrogens with zero attached hydrogens (tertiary/aromatic N) is 2. The van der Waals surface area contributed by atoms with Crippen molar-refractivity contribution in [3.63, 3.8) is 0 Å². The summed E-state index contributed by atoms with van der Waals surface area (Å²) in [4.78, 5) is 0. The number of aromatic nitrogens is 2. The summed E-state index contributed by atoms with van der Waals surface area (Å²) in [5.74, 6) is 0.855. The van der Waals surface area contributed by atoms with Crippen molar-refractivity contribution in [2.45, 2.75) is 45.2 Å². The summed E-state index contributed by atoms with van der Waals surface area (Å²) in [6.45, 7) is 3.16. The van der Waals surface area contributed by atoms with Gasteiger partial charge < -0.3 is 5.32 Å². The highest BCUT2D eigenvalue weighted by Gasteiger charge is 2.18. The zero-order valence-electron chi connectivity index (χ0n) is 10.0. The maximum atomic E-state index is 6.07. The zero-order chi connectivity index (χ0) is 11.5. The first-order chi connectivity index (χ1) is 7.66. The van der Waals surface area contributed by atoms with Gasteiger partial charge in [0.1, 0.15) is 0 Å². The molecule has 0 saturated heterocycles. The van der Waals surface area contributed by atoms with Gasteiger partial charge in [-0.05, 0) is 18.8 Å². The molecule has 0 aromatic carbocycles. The van der Waals surface area contributed by atoms with E-state index in [0.717, 1.165) is 23.2 Å². The van der Waals surface area contributed by atoms with Crippen LogP contribution in [0.4, 0.5) is 0 Å². The lowest BCUT2D eigenvalue weighted by atomic mass is 9.87. The van der Waals surface area contributed by atoms with Gasteiger partial charge in [-0.3, -0.25) is 4.68 Å². The van der Waals surface area contributed by atoms with E-state index >= 15 is 0 Å². The first kappa shape index (κ1) is 11.9. The Morgan fingerprint density at radius 3 is 3.00 bits per heavy atom. The third kappa shape index (κ3) is 2.77. The minimum absolute atomic E-state index is 0.648. The Morgan fingerprint density at radius 1 is 1.56 bits per heavy atom. The van der Waals surface area contributed by atoms with E-state index in [1.165, 1.54) is 25.7 Å². The Morgan fingerprint density at radius 2 is 2.38 bits per heavy atom. The van der Waals surface area contributed by atoms with Crippen LogP contribution in [-0.2, 0) is 13.6 Å². The topological polar surface area (TPSA) is 29.9 Å². The second-order valence-electron chi connectivity index (χ2n) is 4.91. The molecular weight excluding hydrogens is 222 g/mol. The molecule has 90 valence electrons. The molecule has 1 aromatic rings. The summed E-state index contributed by atoms with van der Waals surface area (Å²) in [5.41, 5.74) is 1.08. The lowest BCUT2D eigenvalue weighted by Crippen LogP contribution is -2.33. The average Bonchev–Trinajstić information content (AvgIpc) is 2.56. The molecule has 2 atom stereocenters. The van der Waals surface area contributed by atoms with Crippen molar-refractivity contribution in [1.29, 1.82) is 0 Å². The van der Waals surface area contributed by atoms with E-state index in [0.29, 0.717) is 6.04 Å². The van der Waals surface area contributed by atoms with E-state index in [-0.39, 0.29) is 0 Å². The van der Waals surface area contributed by atoms with E-state index in [2.05, 4.69) is 17.3 Å². The molecule has 1 heterocycles. The fourth-order valence-corrected chi connectivity index (χ4v) is 2.73. The highest BCUT2D eigenvalue weighted by Crippen LogP contribution is 2.24. The molecule has 1 N–H and O–H groups in total. The molecule has 1 fully saturated rings. The van der Waals surface area contributed by atoms with Gasteiger partial charge in [0.05, 0.1) is 16.9 Å². The Hall–Kier alpha value is -0.540. The van der Waals surface area contributed by atoms with Crippen LogP contribution in [0.15, 0.2) is 6.20 Å². The molecule has 1 saturated carbocycles. The first-order valence-electron chi connectivity index (χ1n) is 6.06. The summed E-state index contributed by atoms with van der Waals surface area (Å²) in [6.07, 6.45) is 7.01. The molecule has 0 amide bonds.